The lowest BCUT2D eigenvalue weighted by Crippen LogP contribution is -2.56. The quantitative estimate of drug-likeness (QED) is 0.746. The van der Waals surface area contributed by atoms with E-state index >= 15 is 0 Å². The first-order valence-corrected chi connectivity index (χ1v) is 7.12. The zero-order valence-electron chi connectivity index (χ0n) is 10.6. The summed E-state index contributed by atoms with van der Waals surface area (Å²) in [6.45, 7) is 2.43. The molecule has 2 heterocycles. The van der Waals surface area contributed by atoms with E-state index in [4.69, 9.17) is 27.9 Å². The first-order valence-electron chi connectivity index (χ1n) is 6.36. The number of carbonyl (C=O) groups is 1. The van der Waals surface area contributed by atoms with Crippen LogP contribution in [0.5, 0.6) is 0 Å². The summed E-state index contributed by atoms with van der Waals surface area (Å²) in [4.78, 5) is 14.2. The molecule has 1 aromatic carbocycles. The van der Waals surface area contributed by atoms with Gasteiger partial charge < -0.3 is 9.64 Å². The fourth-order valence-electron chi connectivity index (χ4n) is 2.92. The summed E-state index contributed by atoms with van der Waals surface area (Å²) >= 11 is 12.2. The van der Waals surface area contributed by atoms with Crippen molar-refractivity contribution in [3.05, 3.63) is 35.9 Å². The number of carbonyl (C=O) groups excluding carboxylic acids is 1. The molecular weight excluding hydrogens is 285 g/mol. The van der Waals surface area contributed by atoms with Crippen LogP contribution in [0.2, 0.25) is 0 Å². The minimum absolute atomic E-state index is 0.0586. The largest absolute Gasteiger partial charge is 0.349 e. The van der Waals surface area contributed by atoms with Gasteiger partial charge in [0.2, 0.25) is 0 Å². The number of halogens is 2. The summed E-state index contributed by atoms with van der Waals surface area (Å²) < 4.78 is 4.59. The number of alkyl halides is 2. The molecule has 0 unspecified atom stereocenters. The van der Waals surface area contributed by atoms with E-state index in [1.807, 2.05) is 37.3 Å². The SMILES string of the molecule is C[C@@]1(c2ccccc2)OC[C@@H]2CCC(Cl)(Cl)C(=O)N21. The van der Waals surface area contributed by atoms with Crippen LogP contribution in [0, 0.1) is 0 Å². The van der Waals surface area contributed by atoms with Crippen LogP contribution in [-0.4, -0.2) is 27.8 Å². The van der Waals surface area contributed by atoms with E-state index in [-0.39, 0.29) is 11.9 Å². The summed E-state index contributed by atoms with van der Waals surface area (Å²) in [6.07, 6.45) is 1.24. The lowest BCUT2D eigenvalue weighted by molar-refractivity contribution is -0.154. The van der Waals surface area contributed by atoms with E-state index in [2.05, 4.69) is 0 Å². The molecule has 5 heteroatoms. The van der Waals surface area contributed by atoms with E-state index in [1.165, 1.54) is 0 Å². The van der Waals surface area contributed by atoms with Gasteiger partial charge >= 0.3 is 0 Å². The Balaban J connectivity index is 2.02. The van der Waals surface area contributed by atoms with Crippen LogP contribution < -0.4 is 0 Å². The van der Waals surface area contributed by atoms with Crippen LogP contribution in [0.4, 0.5) is 0 Å². The normalized spacial score (nSPS) is 33.3. The summed E-state index contributed by atoms with van der Waals surface area (Å²) in [5.74, 6) is -0.254. The summed E-state index contributed by atoms with van der Waals surface area (Å²) in [7, 11) is 0. The molecule has 0 aromatic heterocycles. The first kappa shape index (κ1) is 13.2. The third kappa shape index (κ3) is 1.95. The summed E-state index contributed by atoms with van der Waals surface area (Å²) in [5, 5.41) is 0. The Labute approximate surface area is 122 Å². The highest BCUT2D eigenvalue weighted by Gasteiger charge is 2.56. The molecule has 19 heavy (non-hydrogen) atoms. The van der Waals surface area contributed by atoms with Gasteiger partial charge in [-0.2, -0.15) is 0 Å². The summed E-state index contributed by atoms with van der Waals surface area (Å²) in [5.41, 5.74) is 0.162. The number of fused-ring (bicyclic) bond motifs is 1. The van der Waals surface area contributed by atoms with Crippen LogP contribution >= 0.6 is 23.2 Å². The van der Waals surface area contributed by atoms with Gasteiger partial charge in [-0.05, 0) is 19.8 Å². The van der Waals surface area contributed by atoms with Gasteiger partial charge in [0, 0.05) is 5.56 Å². The van der Waals surface area contributed by atoms with Crippen molar-refractivity contribution in [2.24, 2.45) is 0 Å². The Morgan fingerprint density at radius 3 is 2.68 bits per heavy atom. The number of rotatable bonds is 1. The maximum absolute atomic E-state index is 12.5. The Morgan fingerprint density at radius 2 is 2.00 bits per heavy atom. The van der Waals surface area contributed by atoms with Crippen molar-refractivity contribution in [3.8, 4) is 0 Å². The van der Waals surface area contributed by atoms with Crippen molar-refractivity contribution in [2.45, 2.75) is 35.9 Å². The molecule has 102 valence electrons. The number of hydrogen-bond acceptors (Lipinski definition) is 2. The monoisotopic (exact) mass is 299 g/mol. The molecule has 1 aromatic rings. The number of nitrogens with zero attached hydrogens (tertiary/aromatic N) is 1. The second-order valence-electron chi connectivity index (χ2n) is 5.23. The standard InChI is InChI=1S/C14H15Cl2NO2/c1-13(10-5-3-2-4-6-10)17-11(9-19-13)7-8-14(15,16)12(17)18/h2-6,11H,7-9H2,1H3/t11-,13-/m0/s1. The van der Waals surface area contributed by atoms with Crippen LogP contribution in [0.1, 0.15) is 25.3 Å². The minimum atomic E-state index is -1.33. The minimum Gasteiger partial charge on any atom is -0.349 e. The van der Waals surface area contributed by atoms with Crippen LogP contribution in [0.3, 0.4) is 0 Å². The van der Waals surface area contributed by atoms with Gasteiger partial charge in [0.05, 0.1) is 12.6 Å². The molecule has 0 N–H and O–H groups in total. The second-order valence-corrected chi connectivity index (χ2v) is 6.72. The average Bonchev–Trinajstić information content (AvgIpc) is 2.75. The van der Waals surface area contributed by atoms with Crippen molar-refractivity contribution in [1.29, 1.82) is 0 Å². The van der Waals surface area contributed by atoms with Crippen molar-refractivity contribution in [1.82, 2.24) is 4.90 Å². The molecular formula is C14H15Cl2NO2. The maximum Gasteiger partial charge on any atom is 0.261 e. The molecule has 2 atom stereocenters. The average molecular weight is 300 g/mol. The lowest BCUT2D eigenvalue weighted by Gasteiger charge is -2.43. The molecule has 1 amide bonds. The first-order chi connectivity index (χ1) is 8.95. The highest BCUT2D eigenvalue weighted by molar-refractivity contribution is 6.58. The number of piperidine rings is 1. The smallest absolute Gasteiger partial charge is 0.261 e. The Kier molecular flexibility index (Phi) is 3.04. The van der Waals surface area contributed by atoms with E-state index in [9.17, 15) is 4.79 Å². The predicted octanol–water partition coefficient (Wildman–Crippen LogP) is 3.05. The topological polar surface area (TPSA) is 29.5 Å². The van der Waals surface area contributed by atoms with Gasteiger partial charge in [-0.25, -0.2) is 0 Å². The maximum atomic E-state index is 12.5. The molecule has 0 radical (unpaired) electrons. The van der Waals surface area contributed by atoms with Crippen molar-refractivity contribution in [3.63, 3.8) is 0 Å². The molecule has 0 saturated carbocycles. The molecule has 2 aliphatic heterocycles. The van der Waals surface area contributed by atoms with E-state index in [0.717, 1.165) is 12.0 Å². The Morgan fingerprint density at radius 1 is 1.32 bits per heavy atom. The van der Waals surface area contributed by atoms with Crippen molar-refractivity contribution in [2.75, 3.05) is 6.61 Å². The Hall–Kier alpha value is -0.770. The van der Waals surface area contributed by atoms with Gasteiger partial charge in [-0.1, -0.05) is 53.5 Å². The Bertz CT molecular complexity index is 505. The van der Waals surface area contributed by atoms with E-state index in [0.29, 0.717) is 13.0 Å². The predicted molar refractivity (Wildman–Crippen MR) is 74.1 cm³/mol. The zero-order valence-corrected chi connectivity index (χ0v) is 12.1. The number of benzene rings is 1. The van der Waals surface area contributed by atoms with Crippen molar-refractivity contribution >= 4 is 29.1 Å². The van der Waals surface area contributed by atoms with Gasteiger partial charge in [-0.15, -0.1) is 0 Å². The third-order valence-corrected chi connectivity index (χ3v) is 4.72. The van der Waals surface area contributed by atoms with Gasteiger partial charge in [0.15, 0.2) is 10.1 Å². The molecule has 2 fully saturated rings. The fraction of sp³-hybridized carbons (Fsp3) is 0.500. The van der Waals surface area contributed by atoms with Crippen LogP contribution in [0.25, 0.3) is 0 Å². The zero-order chi connectivity index (χ0) is 13.7. The van der Waals surface area contributed by atoms with E-state index in [1.54, 1.807) is 4.90 Å². The fourth-order valence-corrected chi connectivity index (χ4v) is 3.32. The number of hydrogen-bond donors (Lipinski definition) is 0. The number of amides is 1. The summed E-state index contributed by atoms with van der Waals surface area (Å²) in [6, 6.07) is 9.76. The van der Waals surface area contributed by atoms with Gasteiger partial charge in [0.25, 0.3) is 5.91 Å². The molecule has 0 aliphatic carbocycles. The molecule has 0 spiro atoms. The number of ether oxygens (including phenoxy) is 1. The molecule has 0 bridgehead atoms. The third-order valence-electron chi connectivity index (χ3n) is 4.01. The van der Waals surface area contributed by atoms with E-state index < -0.39 is 10.1 Å². The van der Waals surface area contributed by atoms with Crippen LogP contribution in [0.15, 0.2) is 30.3 Å². The molecule has 2 aliphatic rings. The molecule has 3 nitrogen and oxygen atoms in total. The highest BCUT2D eigenvalue weighted by Crippen LogP contribution is 2.46. The molecule has 3 rings (SSSR count). The van der Waals surface area contributed by atoms with Crippen molar-refractivity contribution < 1.29 is 9.53 Å². The lowest BCUT2D eigenvalue weighted by atomic mass is 9.96. The second kappa shape index (κ2) is 4.37. The van der Waals surface area contributed by atoms with Gasteiger partial charge in [0.1, 0.15) is 0 Å². The molecule has 2 saturated heterocycles. The van der Waals surface area contributed by atoms with Crippen LogP contribution in [-0.2, 0) is 15.3 Å². The highest BCUT2D eigenvalue weighted by atomic mass is 35.5. The van der Waals surface area contributed by atoms with Gasteiger partial charge in [-0.3, -0.25) is 4.79 Å².